The average Bonchev–Trinajstić information content (AvgIpc) is 2.74. The highest BCUT2D eigenvalue weighted by Crippen LogP contribution is 2.32. The average molecular weight is 398 g/mol. The van der Waals surface area contributed by atoms with Gasteiger partial charge in [-0.05, 0) is 26.0 Å². The van der Waals surface area contributed by atoms with Crippen LogP contribution in [0.4, 0.5) is 5.69 Å². The number of quaternary nitrogens is 2. The van der Waals surface area contributed by atoms with Crippen LogP contribution >= 0.6 is 0 Å². The summed E-state index contributed by atoms with van der Waals surface area (Å²) in [5, 5.41) is 3.04. The predicted octanol–water partition coefficient (Wildman–Crippen LogP) is 0.0768. The Bertz CT molecular complexity index is 862. The molecule has 2 heterocycles. The van der Waals surface area contributed by atoms with Gasteiger partial charge < -0.3 is 24.6 Å². The number of ether oxygens (including phenoxy) is 2. The number of piperazine rings is 1. The molecule has 2 aliphatic heterocycles. The molecule has 29 heavy (non-hydrogen) atoms. The van der Waals surface area contributed by atoms with Crippen LogP contribution in [0.1, 0.15) is 18.1 Å². The van der Waals surface area contributed by atoms with Crippen molar-refractivity contribution in [3.05, 3.63) is 53.6 Å². The zero-order chi connectivity index (χ0) is 20.2. The zero-order valence-corrected chi connectivity index (χ0v) is 17.3. The first-order valence-corrected chi connectivity index (χ1v) is 10.5. The van der Waals surface area contributed by atoms with Gasteiger partial charge in [0.05, 0.1) is 0 Å². The molecule has 6 nitrogen and oxygen atoms in total. The van der Waals surface area contributed by atoms with Gasteiger partial charge in [-0.15, -0.1) is 0 Å². The summed E-state index contributed by atoms with van der Waals surface area (Å²) < 4.78 is 11.1. The Labute approximate surface area is 172 Å². The highest BCUT2D eigenvalue weighted by molar-refractivity contribution is 5.93. The minimum atomic E-state index is -0.0799. The molecular weight excluding hydrogens is 366 g/mol. The molecule has 2 aromatic carbocycles. The van der Waals surface area contributed by atoms with Crippen LogP contribution in [0.15, 0.2) is 42.5 Å². The van der Waals surface area contributed by atoms with Crippen LogP contribution in [0.3, 0.4) is 0 Å². The monoisotopic (exact) mass is 397 g/mol. The van der Waals surface area contributed by atoms with Crippen molar-refractivity contribution >= 4 is 11.6 Å². The van der Waals surface area contributed by atoms with E-state index >= 15 is 0 Å². The summed E-state index contributed by atoms with van der Waals surface area (Å²) in [6, 6.07) is 14.3. The molecule has 0 unspecified atom stereocenters. The van der Waals surface area contributed by atoms with Gasteiger partial charge in [0.1, 0.15) is 45.9 Å². The standard InChI is InChI=1S/C23H29N3O3/c1-17-4-3-5-19(14-17)16-25-8-10-26(11-9-25)18(2)23(27)24-20-6-7-21-22(15-20)29-13-12-28-21/h3-7,14-15,18H,8-13,16H2,1-2H3,(H,24,27)/p+2/t18-/m0/s1. The van der Waals surface area contributed by atoms with E-state index in [1.807, 2.05) is 25.1 Å². The first kappa shape index (κ1) is 19.7. The van der Waals surface area contributed by atoms with E-state index in [2.05, 4.69) is 36.5 Å². The van der Waals surface area contributed by atoms with Crippen molar-refractivity contribution in [2.45, 2.75) is 26.4 Å². The number of hydrogen-bond donors (Lipinski definition) is 3. The number of carbonyl (C=O) groups excluding carboxylic acids is 1. The van der Waals surface area contributed by atoms with Gasteiger partial charge in [-0.1, -0.05) is 29.8 Å². The SMILES string of the molecule is Cc1cccc(C[NH+]2CC[NH+]([C@@H](C)C(=O)Nc3ccc4c(c3)OCCO4)CC2)c1. The summed E-state index contributed by atoms with van der Waals surface area (Å²) in [5.41, 5.74) is 3.47. The molecule has 154 valence electrons. The molecular formula is C23H31N3O3+2. The van der Waals surface area contributed by atoms with E-state index in [-0.39, 0.29) is 11.9 Å². The molecule has 1 amide bonds. The van der Waals surface area contributed by atoms with Gasteiger partial charge in [0, 0.05) is 17.3 Å². The van der Waals surface area contributed by atoms with E-state index in [0.717, 1.165) is 44.2 Å². The number of fused-ring (bicyclic) bond motifs is 1. The van der Waals surface area contributed by atoms with E-state index in [1.165, 1.54) is 16.0 Å². The fourth-order valence-electron chi connectivity index (χ4n) is 4.20. The number of hydrogen-bond acceptors (Lipinski definition) is 3. The minimum absolute atomic E-state index is 0.0545. The van der Waals surface area contributed by atoms with Crippen LogP contribution in [0.5, 0.6) is 11.5 Å². The summed E-state index contributed by atoms with van der Waals surface area (Å²) in [6.45, 7) is 10.5. The lowest BCUT2D eigenvalue weighted by molar-refractivity contribution is -1.02. The Kier molecular flexibility index (Phi) is 6.02. The largest absolute Gasteiger partial charge is 0.486 e. The van der Waals surface area contributed by atoms with Crippen molar-refractivity contribution in [1.82, 2.24) is 0 Å². The third-order valence-corrected chi connectivity index (χ3v) is 5.95. The first-order chi connectivity index (χ1) is 14.1. The summed E-state index contributed by atoms with van der Waals surface area (Å²) in [4.78, 5) is 15.7. The lowest BCUT2D eigenvalue weighted by Gasteiger charge is -2.32. The van der Waals surface area contributed by atoms with Gasteiger partial charge in [0.15, 0.2) is 17.5 Å². The van der Waals surface area contributed by atoms with Crippen molar-refractivity contribution < 1.29 is 24.1 Å². The van der Waals surface area contributed by atoms with Gasteiger partial charge in [-0.3, -0.25) is 4.79 Å². The van der Waals surface area contributed by atoms with Gasteiger partial charge in [-0.2, -0.15) is 0 Å². The molecule has 0 saturated carbocycles. The molecule has 0 aromatic heterocycles. The van der Waals surface area contributed by atoms with Gasteiger partial charge in [-0.25, -0.2) is 0 Å². The Morgan fingerprint density at radius 2 is 1.79 bits per heavy atom. The number of rotatable bonds is 5. The van der Waals surface area contributed by atoms with Crippen molar-refractivity contribution in [2.75, 3.05) is 44.7 Å². The van der Waals surface area contributed by atoms with Crippen molar-refractivity contribution in [1.29, 1.82) is 0 Å². The van der Waals surface area contributed by atoms with E-state index in [0.29, 0.717) is 19.0 Å². The van der Waals surface area contributed by atoms with Crippen LogP contribution in [0, 0.1) is 6.92 Å². The minimum Gasteiger partial charge on any atom is -0.486 e. The number of aryl methyl sites for hydroxylation is 1. The van der Waals surface area contributed by atoms with E-state index in [1.54, 1.807) is 4.90 Å². The lowest BCUT2D eigenvalue weighted by atomic mass is 10.1. The quantitative estimate of drug-likeness (QED) is 0.670. The highest BCUT2D eigenvalue weighted by atomic mass is 16.6. The number of nitrogens with one attached hydrogen (secondary N) is 3. The maximum absolute atomic E-state index is 12.8. The van der Waals surface area contributed by atoms with E-state index in [9.17, 15) is 4.79 Å². The van der Waals surface area contributed by atoms with Crippen molar-refractivity contribution in [3.63, 3.8) is 0 Å². The molecule has 4 rings (SSSR count). The Morgan fingerprint density at radius 1 is 1.03 bits per heavy atom. The zero-order valence-electron chi connectivity index (χ0n) is 17.3. The third kappa shape index (κ3) is 4.89. The maximum atomic E-state index is 12.8. The highest BCUT2D eigenvalue weighted by Gasteiger charge is 2.31. The predicted molar refractivity (Wildman–Crippen MR) is 112 cm³/mol. The molecule has 1 atom stereocenters. The van der Waals surface area contributed by atoms with Gasteiger partial charge >= 0.3 is 0 Å². The molecule has 0 aliphatic carbocycles. The molecule has 0 radical (unpaired) electrons. The number of amides is 1. The maximum Gasteiger partial charge on any atom is 0.282 e. The molecule has 1 saturated heterocycles. The third-order valence-electron chi connectivity index (χ3n) is 5.95. The normalized spacial score (nSPS) is 22.0. The molecule has 6 heteroatoms. The Morgan fingerprint density at radius 3 is 2.55 bits per heavy atom. The summed E-state index contributed by atoms with van der Waals surface area (Å²) in [7, 11) is 0. The smallest absolute Gasteiger partial charge is 0.282 e. The van der Waals surface area contributed by atoms with Crippen molar-refractivity contribution in [3.8, 4) is 11.5 Å². The fourth-order valence-corrected chi connectivity index (χ4v) is 4.20. The van der Waals surface area contributed by atoms with E-state index in [4.69, 9.17) is 9.47 Å². The Balaban J connectivity index is 1.28. The van der Waals surface area contributed by atoms with Crippen molar-refractivity contribution in [2.24, 2.45) is 0 Å². The number of carbonyl (C=O) groups is 1. The molecule has 3 N–H and O–H groups in total. The second-order valence-corrected chi connectivity index (χ2v) is 8.14. The number of anilines is 1. The van der Waals surface area contributed by atoms with Crippen LogP contribution in [0.25, 0.3) is 0 Å². The van der Waals surface area contributed by atoms with Crippen LogP contribution in [-0.4, -0.2) is 51.3 Å². The molecule has 0 spiro atoms. The van der Waals surface area contributed by atoms with Gasteiger partial charge in [0.25, 0.3) is 5.91 Å². The topological polar surface area (TPSA) is 56.4 Å². The molecule has 2 aromatic rings. The summed E-state index contributed by atoms with van der Waals surface area (Å²) in [5.74, 6) is 1.49. The fraction of sp³-hybridized carbons (Fsp3) is 0.435. The van der Waals surface area contributed by atoms with E-state index < -0.39 is 0 Å². The molecule has 0 bridgehead atoms. The lowest BCUT2D eigenvalue weighted by Crippen LogP contribution is -3.29. The second-order valence-electron chi connectivity index (χ2n) is 8.14. The van der Waals surface area contributed by atoms with Gasteiger partial charge in [0.2, 0.25) is 0 Å². The van der Waals surface area contributed by atoms with Crippen LogP contribution in [0.2, 0.25) is 0 Å². The summed E-state index contributed by atoms with van der Waals surface area (Å²) in [6.07, 6.45) is 0. The van der Waals surface area contributed by atoms with Crippen LogP contribution < -0.4 is 24.6 Å². The molecule has 1 fully saturated rings. The van der Waals surface area contributed by atoms with Crippen LogP contribution in [-0.2, 0) is 11.3 Å². The summed E-state index contributed by atoms with van der Waals surface area (Å²) >= 11 is 0. The Hall–Kier alpha value is -2.57. The molecule has 2 aliphatic rings. The number of benzene rings is 2. The first-order valence-electron chi connectivity index (χ1n) is 10.5. The second kappa shape index (κ2) is 8.84.